The number of hydrogen-bond donors (Lipinski definition) is 1. The molecular formula is C29H28FN5O3S2. The van der Waals surface area contributed by atoms with Gasteiger partial charge in [-0.1, -0.05) is 35.6 Å². The summed E-state index contributed by atoms with van der Waals surface area (Å²) in [6.07, 6.45) is 4.42. The fourth-order valence-electron chi connectivity index (χ4n) is 6.39. The number of piperidine rings is 1. The van der Waals surface area contributed by atoms with Gasteiger partial charge in [0, 0.05) is 31.2 Å². The first-order valence-electron chi connectivity index (χ1n) is 13.7. The van der Waals surface area contributed by atoms with Crippen LogP contribution in [0.15, 0.2) is 48.0 Å². The van der Waals surface area contributed by atoms with E-state index in [0.717, 1.165) is 60.5 Å². The largest absolute Gasteiger partial charge is 0.412 e. The summed E-state index contributed by atoms with van der Waals surface area (Å²) in [4.78, 5) is 40.7. The minimum absolute atomic E-state index is 0.0802. The van der Waals surface area contributed by atoms with Gasteiger partial charge in [-0.05, 0) is 56.2 Å². The number of anilines is 1. The quantitative estimate of drug-likeness (QED) is 0.305. The Bertz CT molecular complexity index is 1580. The number of likely N-dealkylation sites (tertiary alicyclic amines) is 1. The fraction of sp³-hybridized carbons (Fsp3) is 0.379. The van der Waals surface area contributed by atoms with Crippen molar-refractivity contribution in [2.75, 3.05) is 24.5 Å². The molecule has 3 fully saturated rings. The predicted molar refractivity (Wildman–Crippen MR) is 154 cm³/mol. The first kappa shape index (κ1) is 25.4. The maximum absolute atomic E-state index is 15.0. The number of thiazole rings is 2. The van der Waals surface area contributed by atoms with E-state index in [-0.39, 0.29) is 36.3 Å². The lowest BCUT2D eigenvalue weighted by Gasteiger charge is -2.35. The highest BCUT2D eigenvalue weighted by molar-refractivity contribution is 7.19. The Morgan fingerprint density at radius 1 is 1.10 bits per heavy atom. The highest BCUT2D eigenvalue weighted by Crippen LogP contribution is 2.45. The van der Waals surface area contributed by atoms with Crippen LogP contribution in [-0.2, 0) is 0 Å². The van der Waals surface area contributed by atoms with E-state index >= 15 is 0 Å². The minimum atomic E-state index is -0.562. The Labute approximate surface area is 238 Å². The van der Waals surface area contributed by atoms with Crippen molar-refractivity contribution in [2.24, 2.45) is 5.92 Å². The molecule has 3 aliphatic rings. The van der Waals surface area contributed by atoms with Crippen molar-refractivity contribution in [3.63, 3.8) is 0 Å². The molecule has 3 atom stereocenters. The lowest BCUT2D eigenvalue weighted by molar-refractivity contribution is 0.0586. The summed E-state index contributed by atoms with van der Waals surface area (Å²) in [6, 6.07) is 11.9. The summed E-state index contributed by atoms with van der Waals surface area (Å²) in [5, 5.41) is 3.66. The summed E-state index contributed by atoms with van der Waals surface area (Å²) in [6.45, 7) is 2.05. The third-order valence-electron chi connectivity index (χ3n) is 8.27. The number of nitrogens with zero attached hydrogens (tertiary/aromatic N) is 4. The average Bonchev–Trinajstić information content (AvgIpc) is 3.79. The number of benzene rings is 2. The maximum atomic E-state index is 15.0. The average molecular weight is 578 g/mol. The fourth-order valence-corrected chi connectivity index (χ4v) is 8.26. The van der Waals surface area contributed by atoms with E-state index in [2.05, 4.69) is 15.2 Å². The molecule has 0 spiro atoms. The summed E-state index contributed by atoms with van der Waals surface area (Å²) < 4.78 is 21.4. The molecule has 0 unspecified atom stereocenters. The number of ether oxygens (including phenoxy) is 1. The van der Waals surface area contributed by atoms with Crippen LogP contribution >= 0.6 is 22.7 Å². The second-order valence-corrected chi connectivity index (χ2v) is 12.4. The standard InChI is InChI=1S/C29H28FN5O3S2/c30-20-7-2-1-6-19(20)25-24(33-28(40-25)34-12-3-4-13-34)27(36)35-18-11-10-17(14-18)22(35)15-31-29(37)38-23-9-5-8-21-26(23)39-16-32-21/h1-2,5-9,16-18,22H,3-4,10-15H2,(H,31,37)/t17-,18+,22+/m1/s1. The summed E-state index contributed by atoms with van der Waals surface area (Å²) >= 11 is 2.80. The zero-order valence-corrected chi connectivity index (χ0v) is 23.3. The molecule has 1 saturated carbocycles. The number of nitrogens with one attached hydrogen (secondary N) is 1. The molecule has 2 bridgehead atoms. The second kappa shape index (κ2) is 10.4. The van der Waals surface area contributed by atoms with E-state index < -0.39 is 6.09 Å². The molecule has 40 heavy (non-hydrogen) atoms. The smallest absolute Gasteiger partial charge is 0.409 e. The topological polar surface area (TPSA) is 87.7 Å². The van der Waals surface area contributed by atoms with Crippen LogP contribution in [0.4, 0.5) is 14.3 Å². The highest BCUT2D eigenvalue weighted by Gasteiger charge is 2.49. The third kappa shape index (κ3) is 4.50. The summed E-state index contributed by atoms with van der Waals surface area (Å²) in [5.41, 5.74) is 3.20. The van der Waals surface area contributed by atoms with E-state index in [4.69, 9.17) is 9.72 Å². The number of carbonyl (C=O) groups excluding carboxylic acids is 2. The number of halogens is 1. The van der Waals surface area contributed by atoms with Gasteiger partial charge in [0.1, 0.15) is 11.5 Å². The predicted octanol–water partition coefficient (Wildman–Crippen LogP) is 5.94. The van der Waals surface area contributed by atoms with Crippen LogP contribution in [0, 0.1) is 11.7 Å². The Morgan fingerprint density at radius 2 is 1.95 bits per heavy atom. The van der Waals surface area contributed by atoms with Crippen molar-refractivity contribution in [3.05, 3.63) is 59.5 Å². The number of aromatic nitrogens is 2. The van der Waals surface area contributed by atoms with Crippen LogP contribution in [0.5, 0.6) is 5.75 Å². The first-order chi connectivity index (χ1) is 19.6. The Kier molecular flexibility index (Phi) is 6.63. The molecule has 2 amide bonds. The zero-order chi connectivity index (χ0) is 27.2. The lowest BCUT2D eigenvalue weighted by Crippen LogP contribution is -2.50. The lowest BCUT2D eigenvalue weighted by atomic mass is 9.98. The van der Waals surface area contributed by atoms with Gasteiger partial charge in [-0.25, -0.2) is 19.2 Å². The molecule has 2 aromatic heterocycles. The van der Waals surface area contributed by atoms with Gasteiger partial charge >= 0.3 is 6.09 Å². The van der Waals surface area contributed by atoms with E-state index in [1.54, 1.807) is 35.8 Å². The van der Waals surface area contributed by atoms with E-state index in [9.17, 15) is 14.0 Å². The van der Waals surface area contributed by atoms with Crippen LogP contribution in [-0.4, -0.2) is 58.6 Å². The van der Waals surface area contributed by atoms with Crippen molar-refractivity contribution in [3.8, 4) is 16.2 Å². The molecule has 8 nitrogen and oxygen atoms in total. The van der Waals surface area contributed by atoms with Gasteiger partial charge in [0.25, 0.3) is 5.91 Å². The minimum Gasteiger partial charge on any atom is -0.409 e. The molecule has 11 heteroatoms. The summed E-state index contributed by atoms with van der Waals surface area (Å²) in [7, 11) is 0. The molecular weight excluding hydrogens is 549 g/mol. The molecule has 0 radical (unpaired) electrons. The van der Waals surface area contributed by atoms with E-state index in [1.165, 1.54) is 28.7 Å². The third-order valence-corrected chi connectivity index (χ3v) is 10.3. The normalized spacial score (nSPS) is 21.9. The SMILES string of the molecule is O=C(NC[C@H]1[C@@H]2CC[C@@H](C2)N1C(=O)c1nc(N2CCCC2)sc1-c1ccccc1F)Oc1cccc2ncsc12. The molecule has 2 aliphatic heterocycles. The van der Waals surface area contributed by atoms with Crippen molar-refractivity contribution in [2.45, 2.75) is 44.2 Å². The van der Waals surface area contributed by atoms with Crippen molar-refractivity contribution in [1.29, 1.82) is 0 Å². The number of fused-ring (bicyclic) bond motifs is 3. The molecule has 2 saturated heterocycles. The molecule has 206 valence electrons. The maximum Gasteiger partial charge on any atom is 0.412 e. The number of carbonyl (C=O) groups is 2. The molecule has 4 heterocycles. The van der Waals surface area contributed by atoms with Gasteiger partial charge in [-0.15, -0.1) is 11.3 Å². The Morgan fingerprint density at radius 3 is 2.80 bits per heavy atom. The van der Waals surface area contributed by atoms with E-state index in [0.29, 0.717) is 21.9 Å². The van der Waals surface area contributed by atoms with Gasteiger partial charge in [-0.3, -0.25) is 4.79 Å². The zero-order valence-electron chi connectivity index (χ0n) is 21.7. The number of hydrogen-bond acceptors (Lipinski definition) is 8. The first-order valence-corrected chi connectivity index (χ1v) is 15.4. The number of rotatable bonds is 6. The number of amides is 2. The highest BCUT2D eigenvalue weighted by atomic mass is 32.1. The molecule has 1 N–H and O–H groups in total. The van der Waals surface area contributed by atoms with Gasteiger partial charge in [0.15, 0.2) is 10.9 Å². The van der Waals surface area contributed by atoms with Crippen molar-refractivity contribution in [1.82, 2.24) is 20.2 Å². The van der Waals surface area contributed by atoms with Gasteiger partial charge < -0.3 is 19.9 Å². The van der Waals surface area contributed by atoms with Gasteiger partial charge in [-0.2, -0.15) is 0 Å². The molecule has 1 aliphatic carbocycles. The van der Waals surface area contributed by atoms with Crippen LogP contribution in [0.2, 0.25) is 0 Å². The Hall–Kier alpha value is -3.57. The van der Waals surface area contributed by atoms with Crippen LogP contribution in [0.3, 0.4) is 0 Å². The Balaban J connectivity index is 1.14. The monoisotopic (exact) mass is 577 g/mol. The van der Waals surface area contributed by atoms with Gasteiger partial charge in [0.05, 0.1) is 26.6 Å². The van der Waals surface area contributed by atoms with Crippen molar-refractivity contribution < 1.29 is 18.7 Å². The molecule has 7 rings (SSSR count). The summed E-state index contributed by atoms with van der Waals surface area (Å²) in [5.74, 6) is 0.187. The van der Waals surface area contributed by atoms with Gasteiger partial charge in [0.2, 0.25) is 0 Å². The molecule has 2 aromatic carbocycles. The van der Waals surface area contributed by atoms with Crippen molar-refractivity contribution >= 4 is 50.0 Å². The van der Waals surface area contributed by atoms with Crippen LogP contribution in [0.25, 0.3) is 20.7 Å². The van der Waals surface area contributed by atoms with Crippen LogP contribution < -0.4 is 15.0 Å². The van der Waals surface area contributed by atoms with E-state index in [1.807, 2.05) is 11.0 Å². The molecule has 4 aromatic rings. The van der Waals surface area contributed by atoms with Crippen LogP contribution in [0.1, 0.15) is 42.6 Å². The second-order valence-electron chi connectivity index (χ2n) is 10.6.